The number of hydrogen-bond acceptors (Lipinski definition) is 3. The first-order chi connectivity index (χ1) is 6.72. The van der Waals surface area contributed by atoms with Crippen LogP contribution in [-0.4, -0.2) is 22.2 Å². The largest absolute Gasteiger partial charge is 0.365 e. The third-order valence-electron chi connectivity index (χ3n) is 2.77. The van der Waals surface area contributed by atoms with Gasteiger partial charge in [-0.05, 0) is 25.3 Å². The second-order valence-corrected chi connectivity index (χ2v) is 3.69. The molecule has 1 atom stereocenters. The zero-order valence-electron chi connectivity index (χ0n) is 7.94. The highest BCUT2D eigenvalue weighted by molar-refractivity contribution is 5.93. The molecule has 76 valence electrons. The van der Waals surface area contributed by atoms with Gasteiger partial charge < -0.3 is 11.5 Å². The molecule has 5 nitrogen and oxygen atoms in total. The zero-order chi connectivity index (χ0) is 10.1. The Morgan fingerprint density at radius 2 is 2.50 bits per heavy atom. The van der Waals surface area contributed by atoms with Crippen LogP contribution in [0, 0.1) is 5.92 Å². The molecule has 0 aliphatic carbocycles. The first kappa shape index (κ1) is 9.21. The number of carbonyl (C=O) groups is 1. The molecule has 0 saturated carbocycles. The van der Waals surface area contributed by atoms with E-state index in [1.165, 1.54) is 0 Å². The zero-order valence-corrected chi connectivity index (χ0v) is 7.94. The molecule has 0 aromatic carbocycles. The lowest BCUT2D eigenvalue weighted by Crippen LogP contribution is -2.28. The summed E-state index contributed by atoms with van der Waals surface area (Å²) in [4.78, 5) is 11.0. The van der Waals surface area contributed by atoms with Crippen molar-refractivity contribution in [3.63, 3.8) is 0 Å². The molecule has 1 aromatic heterocycles. The molecule has 5 heteroatoms. The summed E-state index contributed by atoms with van der Waals surface area (Å²) in [5.41, 5.74) is 12.3. The van der Waals surface area contributed by atoms with Crippen LogP contribution in [0.1, 0.15) is 22.5 Å². The number of amides is 1. The molecule has 0 fully saturated rings. The van der Waals surface area contributed by atoms with Gasteiger partial charge in [-0.2, -0.15) is 5.10 Å². The normalized spacial score (nSPS) is 20.5. The topological polar surface area (TPSA) is 86.9 Å². The highest BCUT2D eigenvalue weighted by atomic mass is 16.1. The maximum Gasteiger partial charge on any atom is 0.252 e. The molecule has 2 heterocycles. The van der Waals surface area contributed by atoms with Gasteiger partial charge in [0, 0.05) is 6.54 Å². The maximum absolute atomic E-state index is 11.0. The number of nitrogens with zero attached hydrogens (tertiary/aromatic N) is 2. The first-order valence-electron chi connectivity index (χ1n) is 4.77. The Balaban J connectivity index is 2.29. The van der Waals surface area contributed by atoms with Gasteiger partial charge >= 0.3 is 0 Å². The summed E-state index contributed by atoms with van der Waals surface area (Å²) in [5.74, 6) is 0.0839. The molecule has 4 N–H and O–H groups in total. The Hall–Kier alpha value is -1.36. The van der Waals surface area contributed by atoms with Gasteiger partial charge in [0.05, 0.1) is 17.5 Å². The van der Waals surface area contributed by atoms with Gasteiger partial charge in [0.25, 0.3) is 5.91 Å². The van der Waals surface area contributed by atoms with Gasteiger partial charge in [-0.25, -0.2) is 0 Å². The van der Waals surface area contributed by atoms with Crippen LogP contribution in [0.25, 0.3) is 0 Å². The molecule has 1 aliphatic heterocycles. The van der Waals surface area contributed by atoms with E-state index >= 15 is 0 Å². The van der Waals surface area contributed by atoms with Crippen LogP contribution in [0.2, 0.25) is 0 Å². The average Bonchev–Trinajstić information content (AvgIpc) is 2.59. The standard InChI is InChI=1S/C9H14N4O/c10-3-6-1-2-8-7(9(11)14)4-12-13(8)5-6/h4,6H,1-3,5,10H2,(H2,11,14)/t6-/m0/s1. The number of nitrogens with two attached hydrogens (primary N) is 2. The molecule has 0 saturated heterocycles. The second-order valence-electron chi connectivity index (χ2n) is 3.69. The van der Waals surface area contributed by atoms with Crippen molar-refractivity contribution < 1.29 is 4.79 Å². The lowest BCUT2D eigenvalue weighted by atomic mass is 9.97. The first-order valence-corrected chi connectivity index (χ1v) is 4.77. The number of primary amides is 1. The summed E-state index contributed by atoms with van der Waals surface area (Å²) < 4.78 is 1.85. The summed E-state index contributed by atoms with van der Waals surface area (Å²) in [6.45, 7) is 1.48. The quantitative estimate of drug-likeness (QED) is 0.665. The molecular formula is C9H14N4O. The molecule has 0 bridgehead atoms. The summed E-state index contributed by atoms with van der Waals surface area (Å²) in [6.07, 6.45) is 3.42. The van der Waals surface area contributed by atoms with Crippen LogP contribution in [0.3, 0.4) is 0 Å². The van der Waals surface area contributed by atoms with Crippen molar-refractivity contribution in [2.75, 3.05) is 6.54 Å². The molecule has 1 amide bonds. The number of rotatable bonds is 2. The van der Waals surface area contributed by atoms with Crippen LogP contribution in [0.4, 0.5) is 0 Å². The van der Waals surface area contributed by atoms with Crippen molar-refractivity contribution in [2.45, 2.75) is 19.4 Å². The third kappa shape index (κ3) is 1.39. The maximum atomic E-state index is 11.0. The van der Waals surface area contributed by atoms with Gasteiger partial charge in [0.1, 0.15) is 0 Å². The van der Waals surface area contributed by atoms with Crippen molar-refractivity contribution in [3.05, 3.63) is 17.5 Å². The van der Waals surface area contributed by atoms with E-state index in [9.17, 15) is 4.79 Å². The van der Waals surface area contributed by atoms with E-state index in [1.807, 2.05) is 4.68 Å². The minimum Gasteiger partial charge on any atom is -0.365 e. The third-order valence-corrected chi connectivity index (χ3v) is 2.77. The van der Waals surface area contributed by atoms with Crippen molar-refractivity contribution in [3.8, 4) is 0 Å². The Kier molecular flexibility index (Phi) is 2.25. The van der Waals surface area contributed by atoms with E-state index in [-0.39, 0.29) is 0 Å². The van der Waals surface area contributed by atoms with Gasteiger partial charge in [-0.15, -0.1) is 0 Å². The number of carbonyl (C=O) groups excluding carboxylic acids is 1. The fourth-order valence-electron chi connectivity index (χ4n) is 1.91. The summed E-state index contributed by atoms with van der Waals surface area (Å²) in [5, 5.41) is 4.14. The van der Waals surface area contributed by atoms with Crippen LogP contribution in [-0.2, 0) is 13.0 Å². The van der Waals surface area contributed by atoms with Gasteiger partial charge in [0.15, 0.2) is 0 Å². The van der Waals surface area contributed by atoms with Gasteiger partial charge in [0.2, 0.25) is 0 Å². The summed E-state index contributed by atoms with van der Waals surface area (Å²) in [6, 6.07) is 0. The molecule has 0 radical (unpaired) electrons. The van der Waals surface area contributed by atoms with Gasteiger partial charge in [-0.3, -0.25) is 9.48 Å². The Morgan fingerprint density at radius 3 is 3.14 bits per heavy atom. The molecule has 1 aromatic rings. The lowest BCUT2D eigenvalue weighted by molar-refractivity contribution is 0.0998. The SMILES string of the molecule is NC[C@@H]1CCc2c(C(N)=O)cnn2C1. The van der Waals surface area contributed by atoms with Crippen molar-refractivity contribution in [2.24, 2.45) is 17.4 Å². The van der Waals surface area contributed by atoms with Crippen LogP contribution < -0.4 is 11.5 Å². The Bertz CT molecular complexity index is 358. The second kappa shape index (κ2) is 3.42. The molecule has 2 rings (SSSR count). The van der Waals surface area contributed by atoms with Gasteiger partial charge in [-0.1, -0.05) is 0 Å². The molecule has 0 unspecified atom stereocenters. The van der Waals surface area contributed by atoms with E-state index < -0.39 is 5.91 Å². The van der Waals surface area contributed by atoms with Crippen LogP contribution in [0.5, 0.6) is 0 Å². The van der Waals surface area contributed by atoms with E-state index in [2.05, 4.69) is 5.10 Å². The lowest BCUT2D eigenvalue weighted by Gasteiger charge is -2.22. The fourth-order valence-corrected chi connectivity index (χ4v) is 1.91. The summed E-state index contributed by atoms with van der Waals surface area (Å²) >= 11 is 0. The smallest absolute Gasteiger partial charge is 0.252 e. The molecular weight excluding hydrogens is 180 g/mol. The summed E-state index contributed by atoms with van der Waals surface area (Å²) in [7, 11) is 0. The minimum atomic E-state index is -0.391. The Labute approximate surface area is 82.1 Å². The molecule has 14 heavy (non-hydrogen) atoms. The number of fused-ring (bicyclic) bond motifs is 1. The molecule has 0 spiro atoms. The predicted molar refractivity (Wildman–Crippen MR) is 51.6 cm³/mol. The van der Waals surface area contributed by atoms with Crippen LogP contribution >= 0.6 is 0 Å². The average molecular weight is 194 g/mol. The van der Waals surface area contributed by atoms with E-state index in [1.54, 1.807) is 6.20 Å². The van der Waals surface area contributed by atoms with E-state index in [0.717, 1.165) is 25.1 Å². The van der Waals surface area contributed by atoms with Crippen molar-refractivity contribution in [1.82, 2.24) is 9.78 Å². The number of aromatic nitrogens is 2. The Morgan fingerprint density at radius 1 is 1.71 bits per heavy atom. The van der Waals surface area contributed by atoms with Crippen LogP contribution in [0.15, 0.2) is 6.20 Å². The predicted octanol–water partition coefficient (Wildman–Crippen LogP) is -0.497. The fraction of sp³-hybridized carbons (Fsp3) is 0.556. The van der Waals surface area contributed by atoms with E-state index in [4.69, 9.17) is 11.5 Å². The minimum absolute atomic E-state index is 0.391. The van der Waals surface area contributed by atoms with E-state index in [0.29, 0.717) is 18.0 Å². The molecule has 1 aliphatic rings. The highest BCUT2D eigenvalue weighted by Crippen LogP contribution is 2.21. The number of hydrogen-bond donors (Lipinski definition) is 2. The monoisotopic (exact) mass is 194 g/mol. The van der Waals surface area contributed by atoms with Crippen molar-refractivity contribution >= 4 is 5.91 Å². The highest BCUT2D eigenvalue weighted by Gasteiger charge is 2.22. The van der Waals surface area contributed by atoms with Crippen molar-refractivity contribution in [1.29, 1.82) is 0 Å².